The number of ether oxygens (including phenoxy) is 1. The van der Waals surface area contributed by atoms with Crippen LogP contribution >= 0.6 is 0 Å². The molecule has 0 aliphatic carbocycles. The lowest BCUT2D eigenvalue weighted by Gasteiger charge is -2.29. The summed E-state index contributed by atoms with van der Waals surface area (Å²) in [5, 5.41) is 3.25. The second kappa shape index (κ2) is 9.54. The van der Waals surface area contributed by atoms with Gasteiger partial charge in [-0.15, -0.1) is 0 Å². The molecule has 6 nitrogen and oxygen atoms in total. The van der Waals surface area contributed by atoms with E-state index in [0.717, 1.165) is 30.4 Å². The number of morpholine rings is 1. The van der Waals surface area contributed by atoms with E-state index in [2.05, 4.69) is 5.32 Å². The number of hydrogen-bond acceptors (Lipinski definition) is 5. The lowest BCUT2D eigenvalue weighted by Crippen LogP contribution is -2.36. The van der Waals surface area contributed by atoms with Gasteiger partial charge in [-0.05, 0) is 55.2 Å². The second-order valence-electron chi connectivity index (χ2n) is 8.18. The highest BCUT2D eigenvalue weighted by atomic mass is 32.2. The molecular weight excluding hydrogens is 417 g/mol. The Hall–Kier alpha value is -2.16. The third kappa shape index (κ3) is 5.02. The fourth-order valence-electron chi connectivity index (χ4n) is 4.16. The Labute approximate surface area is 184 Å². The van der Waals surface area contributed by atoms with Crippen LogP contribution < -0.4 is 10.2 Å². The highest BCUT2D eigenvalue weighted by Crippen LogP contribution is 2.27. The van der Waals surface area contributed by atoms with Crippen molar-refractivity contribution in [3.05, 3.63) is 53.3 Å². The van der Waals surface area contributed by atoms with Crippen LogP contribution in [-0.4, -0.2) is 52.1 Å². The number of halogens is 1. The Balaban J connectivity index is 1.46. The molecule has 0 spiro atoms. The van der Waals surface area contributed by atoms with E-state index in [1.165, 1.54) is 6.07 Å². The first kappa shape index (κ1) is 22.0. The summed E-state index contributed by atoms with van der Waals surface area (Å²) in [7, 11) is -3.51. The van der Waals surface area contributed by atoms with Gasteiger partial charge in [0.15, 0.2) is 0 Å². The second-order valence-corrected chi connectivity index (χ2v) is 10.1. The van der Waals surface area contributed by atoms with Crippen LogP contribution in [0.3, 0.4) is 0 Å². The number of aryl methyl sites for hydroxylation is 1. The lowest BCUT2D eigenvalue weighted by molar-refractivity contribution is 0.122. The number of benzene rings is 2. The summed E-state index contributed by atoms with van der Waals surface area (Å²) in [6, 6.07) is 10.6. The first-order valence-corrected chi connectivity index (χ1v) is 12.3. The molecule has 2 aromatic carbocycles. The van der Waals surface area contributed by atoms with Gasteiger partial charge in [-0.1, -0.05) is 18.6 Å². The standard InChI is InChI=1S/C23H30FN3O3S/c1-18-5-7-20(16-23(18)31(28,29)27-9-3-2-4-10-27)25-17-19-6-8-22(21(24)15-19)26-11-13-30-14-12-26/h5-8,15-16,25H,2-4,9-14,17H2,1H3. The number of hydrogen-bond donors (Lipinski definition) is 1. The zero-order valence-corrected chi connectivity index (χ0v) is 18.8. The molecule has 2 heterocycles. The van der Waals surface area contributed by atoms with Gasteiger partial charge in [0.05, 0.1) is 23.8 Å². The van der Waals surface area contributed by atoms with Crippen molar-refractivity contribution in [3.63, 3.8) is 0 Å². The number of nitrogens with one attached hydrogen (secondary N) is 1. The van der Waals surface area contributed by atoms with Crippen LogP contribution in [0.2, 0.25) is 0 Å². The van der Waals surface area contributed by atoms with Gasteiger partial charge in [-0.3, -0.25) is 0 Å². The maximum absolute atomic E-state index is 14.6. The van der Waals surface area contributed by atoms with Gasteiger partial charge in [-0.25, -0.2) is 12.8 Å². The molecule has 0 aromatic heterocycles. The smallest absolute Gasteiger partial charge is 0.243 e. The zero-order chi connectivity index (χ0) is 21.8. The number of sulfonamides is 1. The Morgan fingerprint density at radius 3 is 2.45 bits per heavy atom. The zero-order valence-electron chi connectivity index (χ0n) is 17.9. The third-order valence-electron chi connectivity index (χ3n) is 5.98. The van der Waals surface area contributed by atoms with Crippen molar-refractivity contribution in [1.82, 2.24) is 4.31 Å². The van der Waals surface area contributed by atoms with Crippen molar-refractivity contribution < 1.29 is 17.5 Å². The lowest BCUT2D eigenvalue weighted by atomic mass is 10.1. The number of piperidine rings is 1. The normalized spacial score (nSPS) is 18.2. The Morgan fingerprint density at radius 2 is 1.74 bits per heavy atom. The average Bonchev–Trinajstić information content (AvgIpc) is 2.79. The van der Waals surface area contributed by atoms with E-state index < -0.39 is 10.0 Å². The van der Waals surface area contributed by atoms with Crippen molar-refractivity contribution in [2.24, 2.45) is 0 Å². The van der Waals surface area contributed by atoms with Crippen LogP contribution in [0.5, 0.6) is 0 Å². The van der Waals surface area contributed by atoms with Crippen LogP contribution in [0.25, 0.3) is 0 Å². The maximum atomic E-state index is 14.6. The largest absolute Gasteiger partial charge is 0.381 e. The van der Waals surface area contributed by atoms with Gasteiger partial charge < -0.3 is 15.0 Å². The highest BCUT2D eigenvalue weighted by molar-refractivity contribution is 7.89. The Morgan fingerprint density at radius 1 is 1.00 bits per heavy atom. The van der Waals surface area contributed by atoms with Crippen molar-refractivity contribution in [2.75, 3.05) is 49.6 Å². The van der Waals surface area contributed by atoms with E-state index >= 15 is 0 Å². The minimum atomic E-state index is -3.51. The Kier molecular flexibility index (Phi) is 6.79. The minimum absolute atomic E-state index is 0.251. The first-order valence-electron chi connectivity index (χ1n) is 10.9. The quantitative estimate of drug-likeness (QED) is 0.731. The van der Waals surface area contributed by atoms with Gasteiger partial charge in [0.25, 0.3) is 0 Å². The van der Waals surface area contributed by atoms with Crippen LogP contribution in [-0.2, 0) is 21.3 Å². The van der Waals surface area contributed by atoms with Gasteiger partial charge in [0.2, 0.25) is 10.0 Å². The summed E-state index contributed by atoms with van der Waals surface area (Å²) in [6.45, 7) is 5.98. The number of rotatable bonds is 6. The van der Waals surface area contributed by atoms with Crippen LogP contribution in [0.1, 0.15) is 30.4 Å². The van der Waals surface area contributed by atoms with Crippen molar-refractivity contribution in [2.45, 2.75) is 37.6 Å². The van der Waals surface area contributed by atoms with E-state index in [0.29, 0.717) is 62.2 Å². The first-order chi connectivity index (χ1) is 14.9. The summed E-state index contributed by atoms with van der Waals surface area (Å²) in [5.74, 6) is -0.251. The molecule has 2 aromatic rings. The maximum Gasteiger partial charge on any atom is 0.243 e. The molecule has 0 saturated carbocycles. The molecule has 2 fully saturated rings. The number of anilines is 2. The van der Waals surface area contributed by atoms with Crippen LogP contribution in [0.15, 0.2) is 41.3 Å². The van der Waals surface area contributed by atoms with Crippen LogP contribution in [0, 0.1) is 12.7 Å². The van der Waals surface area contributed by atoms with Gasteiger partial charge in [0, 0.05) is 38.4 Å². The van der Waals surface area contributed by atoms with Gasteiger partial charge in [0.1, 0.15) is 5.82 Å². The van der Waals surface area contributed by atoms with Crippen molar-refractivity contribution in [3.8, 4) is 0 Å². The molecule has 0 atom stereocenters. The SMILES string of the molecule is Cc1ccc(NCc2ccc(N3CCOCC3)c(F)c2)cc1S(=O)(=O)N1CCCCC1. The molecule has 2 aliphatic rings. The van der Waals surface area contributed by atoms with Crippen LogP contribution in [0.4, 0.5) is 15.8 Å². The predicted molar refractivity (Wildman–Crippen MR) is 121 cm³/mol. The van der Waals surface area contributed by atoms with Crippen molar-refractivity contribution in [1.29, 1.82) is 0 Å². The van der Waals surface area contributed by atoms with E-state index in [9.17, 15) is 12.8 Å². The van der Waals surface area contributed by atoms with Crippen molar-refractivity contribution >= 4 is 21.4 Å². The molecule has 0 amide bonds. The molecule has 168 valence electrons. The summed E-state index contributed by atoms with van der Waals surface area (Å²) in [6.07, 6.45) is 2.89. The fraction of sp³-hybridized carbons (Fsp3) is 0.478. The Bertz CT molecular complexity index is 1020. The summed E-state index contributed by atoms with van der Waals surface area (Å²) in [4.78, 5) is 2.33. The molecule has 0 unspecified atom stereocenters. The average molecular weight is 448 g/mol. The van der Waals surface area contributed by atoms with E-state index in [-0.39, 0.29) is 5.82 Å². The fourth-order valence-corrected chi connectivity index (χ4v) is 5.93. The molecule has 2 aliphatic heterocycles. The summed E-state index contributed by atoms with van der Waals surface area (Å²) in [5.41, 5.74) is 2.84. The van der Waals surface area contributed by atoms with E-state index in [1.807, 2.05) is 30.0 Å². The monoisotopic (exact) mass is 447 g/mol. The molecule has 31 heavy (non-hydrogen) atoms. The highest BCUT2D eigenvalue weighted by Gasteiger charge is 2.27. The molecular formula is C23H30FN3O3S. The predicted octanol–water partition coefficient (Wildman–Crippen LogP) is 3.76. The topological polar surface area (TPSA) is 61.9 Å². The third-order valence-corrected chi connectivity index (χ3v) is 8.02. The summed E-state index contributed by atoms with van der Waals surface area (Å²) < 4.78 is 47.8. The minimum Gasteiger partial charge on any atom is -0.381 e. The molecule has 0 bridgehead atoms. The van der Waals surface area contributed by atoms with Gasteiger partial charge >= 0.3 is 0 Å². The van der Waals surface area contributed by atoms with E-state index in [1.54, 1.807) is 16.4 Å². The molecule has 4 rings (SSSR count). The molecule has 8 heteroatoms. The number of nitrogens with zero attached hydrogens (tertiary/aromatic N) is 2. The molecule has 2 saturated heterocycles. The molecule has 0 radical (unpaired) electrons. The van der Waals surface area contributed by atoms with E-state index in [4.69, 9.17) is 4.74 Å². The summed E-state index contributed by atoms with van der Waals surface area (Å²) >= 11 is 0. The van der Waals surface area contributed by atoms with Gasteiger partial charge in [-0.2, -0.15) is 4.31 Å². The molecule has 1 N–H and O–H groups in total.